The molecule has 0 bridgehead atoms. The lowest BCUT2D eigenvalue weighted by atomic mass is 9.96. The molecule has 5 nitrogen and oxygen atoms in total. The van der Waals surface area contributed by atoms with Crippen molar-refractivity contribution in [1.29, 1.82) is 0 Å². The van der Waals surface area contributed by atoms with Gasteiger partial charge in [-0.3, -0.25) is 9.59 Å². The highest BCUT2D eigenvalue weighted by molar-refractivity contribution is 6.30. The van der Waals surface area contributed by atoms with Gasteiger partial charge in [0.05, 0.1) is 5.92 Å². The first kappa shape index (κ1) is 17.9. The summed E-state index contributed by atoms with van der Waals surface area (Å²) < 4.78 is 5.71. The van der Waals surface area contributed by atoms with Crippen LogP contribution in [0.3, 0.4) is 0 Å². The molecule has 0 spiro atoms. The number of rotatable bonds is 4. The van der Waals surface area contributed by atoms with Crippen molar-refractivity contribution in [3.05, 3.63) is 52.5 Å². The van der Waals surface area contributed by atoms with Crippen LogP contribution in [-0.4, -0.2) is 18.4 Å². The van der Waals surface area contributed by atoms with Crippen molar-refractivity contribution < 1.29 is 14.3 Å². The Bertz CT molecular complexity index is 908. The maximum absolute atomic E-state index is 12.8. The van der Waals surface area contributed by atoms with Crippen molar-refractivity contribution in [1.82, 2.24) is 0 Å². The van der Waals surface area contributed by atoms with E-state index in [2.05, 4.69) is 10.6 Å². The molecule has 0 saturated heterocycles. The number of halogens is 1. The van der Waals surface area contributed by atoms with Crippen molar-refractivity contribution in [2.45, 2.75) is 26.2 Å². The summed E-state index contributed by atoms with van der Waals surface area (Å²) in [5.74, 6) is 0.569. The van der Waals surface area contributed by atoms with Gasteiger partial charge in [0, 0.05) is 22.3 Å². The van der Waals surface area contributed by atoms with Crippen LogP contribution in [0, 0.1) is 18.8 Å². The molecule has 2 aromatic rings. The molecule has 4 rings (SSSR count). The summed E-state index contributed by atoms with van der Waals surface area (Å²) in [5, 5.41) is 6.53. The topological polar surface area (TPSA) is 67.4 Å². The number of carbonyl (C=O) groups excluding carboxylic acids is 2. The molecule has 0 radical (unpaired) electrons. The minimum absolute atomic E-state index is 0.0466. The minimum Gasteiger partial charge on any atom is -0.492 e. The van der Waals surface area contributed by atoms with E-state index in [1.807, 2.05) is 37.3 Å². The van der Waals surface area contributed by atoms with Crippen molar-refractivity contribution >= 4 is 34.8 Å². The number of anilines is 2. The number of amides is 2. The molecule has 140 valence electrons. The molecule has 1 aliphatic carbocycles. The molecular weight excluding hydrogens is 364 g/mol. The largest absolute Gasteiger partial charge is 0.492 e. The molecule has 2 N–H and O–H groups in total. The Kier molecular flexibility index (Phi) is 4.79. The van der Waals surface area contributed by atoms with Gasteiger partial charge in [-0.25, -0.2) is 0 Å². The van der Waals surface area contributed by atoms with Crippen LogP contribution < -0.4 is 15.4 Å². The quantitative estimate of drug-likeness (QED) is 0.830. The minimum atomic E-state index is -0.292. The second-order valence-corrected chi connectivity index (χ2v) is 7.68. The number of carbonyl (C=O) groups is 2. The van der Waals surface area contributed by atoms with Gasteiger partial charge >= 0.3 is 0 Å². The van der Waals surface area contributed by atoms with Crippen LogP contribution in [0.15, 0.2) is 36.4 Å². The Morgan fingerprint density at radius 1 is 1.04 bits per heavy atom. The van der Waals surface area contributed by atoms with Gasteiger partial charge in [-0.2, -0.15) is 0 Å². The Morgan fingerprint density at radius 2 is 1.81 bits per heavy atom. The van der Waals surface area contributed by atoms with Crippen molar-refractivity contribution in [2.24, 2.45) is 11.8 Å². The molecule has 1 saturated carbocycles. The summed E-state index contributed by atoms with van der Waals surface area (Å²) in [6.45, 7) is 2.26. The molecule has 1 unspecified atom stereocenters. The number of fused-ring (bicyclic) bond motifs is 1. The normalized spacial score (nSPS) is 18.2. The average Bonchev–Trinajstić information content (AvgIpc) is 3.49. The monoisotopic (exact) mass is 384 g/mol. The summed E-state index contributed by atoms with van der Waals surface area (Å²) >= 11 is 6.05. The molecule has 0 aromatic heterocycles. The number of hydrogen-bond acceptors (Lipinski definition) is 3. The van der Waals surface area contributed by atoms with Crippen molar-refractivity contribution in [2.75, 3.05) is 17.2 Å². The summed E-state index contributed by atoms with van der Waals surface area (Å²) in [6, 6.07) is 11.0. The lowest BCUT2D eigenvalue weighted by molar-refractivity contribution is -0.121. The third-order valence-electron chi connectivity index (χ3n) is 5.01. The van der Waals surface area contributed by atoms with Gasteiger partial charge in [-0.15, -0.1) is 0 Å². The second-order valence-electron chi connectivity index (χ2n) is 7.25. The summed E-state index contributed by atoms with van der Waals surface area (Å²) in [7, 11) is 0. The molecule has 6 heteroatoms. The Balaban J connectivity index is 1.45. The molecule has 1 heterocycles. The van der Waals surface area contributed by atoms with Crippen LogP contribution in [0.5, 0.6) is 5.75 Å². The van der Waals surface area contributed by atoms with Crippen LogP contribution in [0.2, 0.25) is 5.02 Å². The first-order valence-corrected chi connectivity index (χ1v) is 9.51. The number of nitrogens with one attached hydrogen (secondary N) is 2. The summed E-state index contributed by atoms with van der Waals surface area (Å²) in [5.41, 5.74) is 3.28. The predicted molar refractivity (Wildman–Crippen MR) is 105 cm³/mol. The molecule has 2 aromatic carbocycles. The van der Waals surface area contributed by atoms with Crippen LogP contribution in [-0.2, 0) is 16.0 Å². The van der Waals surface area contributed by atoms with E-state index in [0.717, 1.165) is 29.7 Å². The van der Waals surface area contributed by atoms with Crippen LogP contribution in [0.25, 0.3) is 0 Å². The van der Waals surface area contributed by atoms with Crippen molar-refractivity contribution in [3.63, 3.8) is 0 Å². The Labute approximate surface area is 163 Å². The summed E-state index contributed by atoms with van der Waals surface area (Å²) in [4.78, 5) is 24.7. The third-order valence-corrected chi connectivity index (χ3v) is 5.25. The van der Waals surface area contributed by atoms with Crippen molar-refractivity contribution in [3.8, 4) is 5.75 Å². The molecule has 2 aliphatic rings. The summed E-state index contributed by atoms with van der Waals surface area (Å²) in [6.07, 6.45) is 2.49. The second kappa shape index (κ2) is 7.24. The van der Waals surface area contributed by atoms with Crippen LogP contribution in [0.4, 0.5) is 11.4 Å². The van der Waals surface area contributed by atoms with Gasteiger partial charge in [-0.1, -0.05) is 17.7 Å². The van der Waals surface area contributed by atoms with E-state index < -0.39 is 0 Å². The fraction of sp³-hybridized carbons (Fsp3) is 0.333. The van der Waals surface area contributed by atoms with Gasteiger partial charge in [-0.05, 0) is 67.6 Å². The van der Waals surface area contributed by atoms with Gasteiger partial charge in [0.25, 0.3) is 0 Å². The maximum Gasteiger partial charge on any atom is 0.231 e. The lowest BCUT2D eigenvalue weighted by Gasteiger charge is -2.25. The number of aryl methyl sites for hydroxylation is 1. The third kappa shape index (κ3) is 4.08. The average molecular weight is 385 g/mol. The fourth-order valence-electron chi connectivity index (χ4n) is 3.19. The van der Waals surface area contributed by atoms with Gasteiger partial charge in [0.2, 0.25) is 11.8 Å². The zero-order valence-corrected chi connectivity index (χ0v) is 15.8. The van der Waals surface area contributed by atoms with Crippen LogP contribution in [0.1, 0.15) is 24.0 Å². The first-order valence-electron chi connectivity index (χ1n) is 9.13. The molecule has 1 atom stereocenters. The predicted octanol–water partition coefficient (Wildman–Crippen LogP) is 4.19. The van der Waals surface area contributed by atoms with E-state index in [1.54, 1.807) is 6.07 Å². The molecular formula is C21H21ClN2O3. The zero-order valence-electron chi connectivity index (χ0n) is 15.0. The van der Waals surface area contributed by atoms with Crippen LogP contribution >= 0.6 is 11.6 Å². The highest BCUT2D eigenvalue weighted by Crippen LogP contribution is 2.32. The van der Waals surface area contributed by atoms with E-state index in [9.17, 15) is 9.59 Å². The Hall–Kier alpha value is -2.53. The smallest absolute Gasteiger partial charge is 0.231 e. The van der Waals surface area contributed by atoms with E-state index >= 15 is 0 Å². The Morgan fingerprint density at radius 3 is 2.59 bits per heavy atom. The van der Waals surface area contributed by atoms with Gasteiger partial charge < -0.3 is 15.4 Å². The molecule has 27 heavy (non-hydrogen) atoms. The van der Waals surface area contributed by atoms with E-state index in [1.165, 1.54) is 0 Å². The first-order chi connectivity index (χ1) is 13.0. The molecule has 1 fully saturated rings. The lowest BCUT2D eigenvalue weighted by Crippen LogP contribution is -2.32. The molecule has 2 amide bonds. The standard InChI is InChI=1S/C21H21ClN2O3/c1-12-2-6-17(23-20(25)13-3-4-13)10-18(12)24-21(26)15-8-14-9-16(22)5-7-19(14)27-11-15/h2,5-7,9-10,13,15H,3-4,8,11H2,1H3,(H,23,25)(H,24,26). The zero-order chi connectivity index (χ0) is 19.0. The van der Waals surface area contributed by atoms with Gasteiger partial charge in [0.15, 0.2) is 0 Å². The van der Waals surface area contributed by atoms with Gasteiger partial charge in [0.1, 0.15) is 12.4 Å². The number of hydrogen-bond donors (Lipinski definition) is 2. The highest BCUT2D eigenvalue weighted by Gasteiger charge is 2.30. The molecule has 1 aliphatic heterocycles. The number of ether oxygens (including phenoxy) is 1. The fourth-order valence-corrected chi connectivity index (χ4v) is 3.39. The maximum atomic E-state index is 12.8. The highest BCUT2D eigenvalue weighted by atomic mass is 35.5. The number of benzene rings is 2. The SMILES string of the molecule is Cc1ccc(NC(=O)C2CC2)cc1NC(=O)C1COc2ccc(Cl)cc2C1. The van der Waals surface area contributed by atoms with E-state index in [-0.39, 0.29) is 23.7 Å². The van der Waals surface area contributed by atoms with E-state index in [4.69, 9.17) is 16.3 Å². The van der Waals surface area contributed by atoms with E-state index in [0.29, 0.717) is 29.4 Å².